The fourth-order valence-corrected chi connectivity index (χ4v) is 1.10. The van der Waals surface area contributed by atoms with E-state index in [-0.39, 0.29) is 6.10 Å². The van der Waals surface area contributed by atoms with Crippen LogP contribution in [0.25, 0.3) is 0 Å². The average molecular weight is 133 g/mol. The minimum Gasteiger partial charge on any atom is -0.343 e. The van der Waals surface area contributed by atoms with Crippen LogP contribution in [-0.4, -0.2) is 37.5 Å². The molecule has 0 amide bonds. The van der Waals surface area contributed by atoms with Crippen molar-refractivity contribution in [1.82, 2.24) is 4.90 Å². The normalized spacial score (nSPS) is 39.0. The molecule has 9 heavy (non-hydrogen) atoms. The van der Waals surface area contributed by atoms with E-state index in [1.807, 2.05) is 18.9 Å². The summed E-state index contributed by atoms with van der Waals surface area (Å²) in [6.07, 6.45) is -1.04. The van der Waals surface area contributed by atoms with Crippen LogP contribution >= 0.6 is 0 Å². The summed E-state index contributed by atoms with van der Waals surface area (Å²) in [6, 6.07) is 0. The summed E-state index contributed by atoms with van der Waals surface area (Å²) in [5.41, 5.74) is 0. The van der Waals surface area contributed by atoms with Crippen molar-refractivity contribution in [2.45, 2.75) is 19.4 Å². The highest BCUT2D eigenvalue weighted by molar-refractivity contribution is 4.66. The van der Waals surface area contributed by atoms with E-state index in [4.69, 9.17) is 4.74 Å². The zero-order valence-electron chi connectivity index (χ0n) is 5.80. The zero-order valence-corrected chi connectivity index (χ0v) is 5.80. The third-order valence-electron chi connectivity index (χ3n) is 1.40. The van der Waals surface area contributed by atoms with E-state index in [0.29, 0.717) is 6.54 Å². The summed E-state index contributed by atoms with van der Waals surface area (Å²) in [5.74, 6) is 0. The van der Waals surface area contributed by atoms with Gasteiger partial charge in [0.15, 0.2) is 0 Å². The third-order valence-corrected chi connectivity index (χ3v) is 1.40. The van der Waals surface area contributed by atoms with Gasteiger partial charge in [-0.2, -0.15) is 0 Å². The fraction of sp³-hybridized carbons (Fsp3) is 1.00. The van der Waals surface area contributed by atoms with Crippen LogP contribution < -0.4 is 0 Å². The Hall–Kier alpha value is -0.150. The quantitative estimate of drug-likeness (QED) is 0.480. The number of ether oxygens (including phenoxy) is 1. The molecule has 0 radical (unpaired) electrons. The van der Waals surface area contributed by atoms with Crippen molar-refractivity contribution in [3.63, 3.8) is 0 Å². The third kappa shape index (κ3) is 1.91. The Labute approximate surface area is 54.6 Å². The molecule has 1 saturated heterocycles. The van der Waals surface area contributed by atoms with Crippen molar-refractivity contribution in [3.8, 4) is 0 Å². The van der Waals surface area contributed by atoms with Gasteiger partial charge >= 0.3 is 0 Å². The Bertz CT molecular complexity index is 74.0. The molecule has 0 saturated carbocycles. The minimum absolute atomic E-state index is 0.0405. The molecule has 1 heterocycles. The molecular formula is C6H12FNO. The molecule has 1 fully saturated rings. The van der Waals surface area contributed by atoms with Crippen LogP contribution in [0.5, 0.6) is 0 Å². The van der Waals surface area contributed by atoms with Crippen LogP contribution in [0.1, 0.15) is 6.92 Å². The lowest BCUT2D eigenvalue weighted by atomic mass is 10.3. The predicted molar refractivity (Wildman–Crippen MR) is 32.9 cm³/mol. The van der Waals surface area contributed by atoms with Gasteiger partial charge in [-0.05, 0) is 14.0 Å². The SMILES string of the molecule is C[C@H]1CN(C)C[C@H](F)O1. The molecule has 2 nitrogen and oxygen atoms in total. The fourth-order valence-electron chi connectivity index (χ4n) is 1.10. The highest BCUT2D eigenvalue weighted by Crippen LogP contribution is 2.08. The van der Waals surface area contributed by atoms with Gasteiger partial charge in [-0.3, -0.25) is 4.90 Å². The summed E-state index contributed by atoms with van der Waals surface area (Å²) in [7, 11) is 1.89. The summed E-state index contributed by atoms with van der Waals surface area (Å²) in [6.45, 7) is 3.12. The molecule has 1 rings (SSSR count). The van der Waals surface area contributed by atoms with Crippen molar-refractivity contribution >= 4 is 0 Å². The molecule has 0 bridgehead atoms. The van der Waals surface area contributed by atoms with Gasteiger partial charge in [-0.15, -0.1) is 0 Å². The summed E-state index contributed by atoms with van der Waals surface area (Å²) < 4.78 is 17.3. The number of rotatable bonds is 0. The van der Waals surface area contributed by atoms with Crippen molar-refractivity contribution in [2.75, 3.05) is 20.1 Å². The molecule has 54 valence electrons. The van der Waals surface area contributed by atoms with Gasteiger partial charge < -0.3 is 4.74 Å². The van der Waals surface area contributed by atoms with Crippen LogP contribution in [0, 0.1) is 0 Å². The molecule has 0 aromatic heterocycles. The summed E-state index contributed by atoms with van der Waals surface area (Å²) in [4.78, 5) is 1.93. The second kappa shape index (κ2) is 2.62. The first-order chi connectivity index (χ1) is 4.18. The second-order valence-corrected chi connectivity index (χ2v) is 2.58. The van der Waals surface area contributed by atoms with Gasteiger partial charge in [0.2, 0.25) is 6.36 Å². The molecule has 0 N–H and O–H groups in total. The lowest BCUT2D eigenvalue weighted by molar-refractivity contribution is -0.131. The van der Waals surface area contributed by atoms with Crippen LogP contribution in [0.3, 0.4) is 0 Å². The Balaban J connectivity index is 2.34. The van der Waals surface area contributed by atoms with Crippen molar-refractivity contribution in [3.05, 3.63) is 0 Å². The largest absolute Gasteiger partial charge is 0.343 e. The lowest BCUT2D eigenvalue weighted by Gasteiger charge is -2.29. The van der Waals surface area contributed by atoms with Gasteiger partial charge in [-0.1, -0.05) is 0 Å². The molecule has 0 aliphatic carbocycles. The summed E-state index contributed by atoms with van der Waals surface area (Å²) in [5, 5.41) is 0. The Morgan fingerprint density at radius 1 is 1.56 bits per heavy atom. The highest BCUT2D eigenvalue weighted by atomic mass is 19.1. The lowest BCUT2D eigenvalue weighted by Crippen LogP contribution is -2.42. The van der Waals surface area contributed by atoms with E-state index >= 15 is 0 Å². The van der Waals surface area contributed by atoms with Crippen LogP contribution in [0.2, 0.25) is 0 Å². The molecule has 0 aromatic rings. The molecule has 1 aliphatic rings. The molecule has 0 spiro atoms. The molecule has 0 unspecified atom stereocenters. The monoisotopic (exact) mass is 133 g/mol. The molecule has 1 aliphatic heterocycles. The number of likely N-dealkylation sites (N-methyl/N-ethyl adjacent to an activating group) is 1. The van der Waals surface area contributed by atoms with Crippen molar-refractivity contribution in [2.24, 2.45) is 0 Å². The molecular weight excluding hydrogens is 121 g/mol. The van der Waals surface area contributed by atoms with E-state index in [0.717, 1.165) is 6.54 Å². The van der Waals surface area contributed by atoms with Gasteiger partial charge in [0.1, 0.15) is 0 Å². The Morgan fingerprint density at radius 3 is 2.67 bits per heavy atom. The predicted octanol–water partition coefficient (Wildman–Crippen LogP) is 0.632. The summed E-state index contributed by atoms with van der Waals surface area (Å²) >= 11 is 0. The average Bonchev–Trinajstić information content (AvgIpc) is 1.59. The zero-order chi connectivity index (χ0) is 6.85. The van der Waals surface area contributed by atoms with E-state index < -0.39 is 6.36 Å². The van der Waals surface area contributed by atoms with E-state index in [9.17, 15) is 4.39 Å². The van der Waals surface area contributed by atoms with Crippen molar-refractivity contribution in [1.29, 1.82) is 0 Å². The van der Waals surface area contributed by atoms with Gasteiger partial charge in [0, 0.05) is 6.54 Å². The first-order valence-corrected chi connectivity index (χ1v) is 3.16. The van der Waals surface area contributed by atoms with Gasteiger partial charge in [-0.25, -0.2) is 4.39 Å². The maximum atomic E-state index is 12.4. The smallest absolute Gasteiger partial charge is 0.211 e. The van der Waals surface area contributed by atoms with E-state index in [1.54, 1.807) is 0 Å². The number of nitrogens with zero attached hydrogens (tertiary/aromatic N) is 1. The number of hydrogen-bond acceptors (Lipinski definition) is 2. The topological polar surface area (TPSA) is 12.5 Å². The maximum absolute atomic E-state index is 12.4. The second-order valence-electron chi connectivity index (χ2n) is 2.58. The van der Waals surface area contributed by atoms with E-state index in [1.165, 1.54) is 0 Å². The minimum atomic E-state index is -1.08. The van der Waals surface area contributed by atoms with Crippen LogP contribution in [-0.2, 0) is 4.74 Å². The van der Waals surface area contributed by atoms with Crippen molar-refractivity contribution < 1.29 is 9.13 Å². The Kier molecular flexibility index (Phi) is 2.03. The molecule has 0 aromatic carbocycles. The number of alkyl halides is 1. The molecule has 2 atom stereocenters. The standard InChI is InChI=1S/C6H12FNO/c1-5-3-8(2)4-6(7)9-5/h5-6H,3-4H2,1-2H3/t5-,6+/m0/s1. The molecule has 3 heteroatoms. The number of hydrogen-bond donors (Lipinski definition) is 0. The maximum Gasteiger partial charge on any atom is 0.211 e. The first-order valence-electron chi connectivity index (χ1n) is 3.16. The Morgan fingerprint density at radius 2 is 2.22 bits per heavy atom. The first kappa shape index (κ1) is 6.96. The number of morpholine rings is 1. The number of halogens is 1. The van der Waals surface area contributed by atoms with E-state index in [2.05, 4.69) is 0 Å². The van der Waals surface area contributed by atoms with Gasteiger partial charge in [0.25, 0.3) is 0 Å². The highest BCUT2D eigenvalue weighted by Gasteiger charge is 2.21. The van der Waals surface area contributed by atoms with Gasteiger partial charge in [0.05, 0.1) is 12.6 Å². The van der Waals surface area contributed by atoms with Crippen LogP contribution in [0.4, 0.5) is 4.39 Å². The van der Waals surface area contributed by atoms with Crippen LogP contribution in [0.15, 0.2) is 0 Å².